The second-order valence-electron chi connectivity index (χ2n) is 3.53. The normalized spacial score (nSPS) is 10.5. The van der Waals surface area contributed by atoms with Gasteiger partial charge in [0.15, 0.2) is 4.47 Å². The summed E-state index contributed by atoms with van der Waals surface area (Å²) in [5.41, 5.74) is 1.22. The maximum Gasteiger partial charge on any atom is 0.183 e. The van der Waals surface area contributed by atoms with Crippen molar-refractivity contribution in [3.8, 4) is 5.75 Å². The van der Waals surface area contributed by atoms with Gasteiger partial charge in [-0.3, -0.25) is 0 Å². The Bertz CT molecular complexity index is 470. The van der Waals surface area contributed by atoms with E-state index < -0.39 is 0 Å². The summed E-state index contributed by atoms with van der Waals surface area (Å²) in [4.78, 5) is 5.13. The number of aromatic nitrogens is 1. The second kappa shape index (κ2) is 6.00. The van der Waals surface area contributed by atoms with Crippen LogP contribution in [0.2, 0.25) is 4.47 Å². The number of ether oxygens (including phenoxy) is 1. The molecule has 1 N–H and O–H groups in total. The Hall–Kier alpha value is -1.10. The molecule has 17 heavy (non-hydrogen) atoms. The van der Waals surface area contributed by atoms with Crippen molar-refractivity contribution >= 4 is 22.9 Å². The highest BCUT2D eigenvalue weighted by Crippen LogP contribution is 2.17. The average Bonchev–Trinajstić information content (AvgIpc) is 2.76. The van der Waals surface area contributed by atoms with E-state index in [1.54, 1.807) is 13.3 Å². The Morgan fingerprint density at radius 3 is 2.65 bits per heavy atom. The molecule has 2 rings (SSSR count). The van der Waals surface area contributed by atoms with Crippen molar-refractivity contribution in [1.29, 1.82) is 0 Å². The molecule has 1 aromatic heterocycles. The lowest BCUT2D eigenvalue weighted by molar-refractivity contribution is 0.414. The number of methoxy groups -OCH3 is 1. The number of hydrogen-bond donors (Lipinski definition) is 1. The minimum absolute atomic E-state index is 0.589. The maximum absolute atomic E-state index is 5.76. The monoisotopic (exact) mass is 268 g/mol. The molecule has 90 valence electrons. The zero-order chi connectivity index (χ0) is 12.1. The van der Waals surface area contributed by atoms with Gasteiger partial charge >= 0.3 is 0 Å². The molecule has 0 radical (unpaired) electrons. The van der Waals surface area contributed by atoms with Crippen LogP contribution >= 0.6 is 22.9 Å². The number of rotatable bonds is 5. The molecule has 0 unspecified atom stereocenters. The van der Waals surface area contributed by atoms with E-state index in [9.17, 15) is 0 Å². The van der Waals surface area contributed by atoms with Crippen molar-refractivity contribution in [3.63, 3.8) is 0 Å². The van der Waals surface area contributed by atoms with Gasteiger partial charge in [-0.2, -0.15) is 0 Å². The lowest BCUT2D eigenvalue weighted by Gasteiger charge is -2.04. The Labute approximate surface area is 109 Å². The van der Waals surface area contributed by atoms with E-state index >= 15 is 0 Å². The third-order valence-electron chi connectivity index (χ3n) is 2.31. The van der Waals surface area contributed by atoms with Crippen LogP contribution in [0.1, 0.15) is 10.4 Å². The quantitative estimate of drug-likeness (QED) is 0.905. The highest BCUT2D eigenvalue weighted by molar-refractivity contribution is 7.15. The summed E-state index contributed by atoms with van der Waals surface area (Å²) < 4.78 is 5.69. The van der Waals surface area contributed by atoms with Crippen LogP contribution in [-0.4, -0.2) is 12.1 Å². The number of nitrogens with one attached hydrogen (secondary N) is 1. The van der Waals surface area contributed by atoms with Crippen molar-refractivity contribution in [1.82, 2.24) is 10.3 Å². The standard InChI is InChI=1S/C12H13ClN2OS/c1-16-10-4-2-9(3-5-10)6-14-7-11-8-15-12(13)17-11/h2-5,8,14H,6-7H2,1H3. The fourth-order valence-electron chi connectivity index (χ4n) is 1.44. The molecular weight excluding hydrogens is 256 g/mol. The zero-order valence-electron chi connectivity index (χ0n) is 9.44. The summed E-state index contributed by atoms with van der Waals surface area (Å²) in [7, 11) is 1.67. The first kappa shape index (κ1) is 12.4. The molecule has 0 aliphatic rings. The molecule has 0 atom stereocenters. The van der Waals surface area contributed by atoms with Crippen LogP contribution in [-0.2, 0) is 13.1 Å². The first-order valence-electron chi connectivity index (χ1n) is 5.22. The lowest BCUT2D eigenvalue weighted by atomic mass is 10.2. The smallest absolute Gasteiger partial charge is 0.183 e. The van der Waals surface area contributed by atoms with Crippen molar-refractivity contribution in [2.24, 2.45) is 0 Å². The van der Waals surface area contributed by atoms with Gasteiger partial charge in [0.05, 0.1) is 7.11 Å². The van der Waals surface area contributed by atoms with E-state index in [4.69, 9.17) is 16.3 Å². The number of nitrogens with zero attached hydrogens (tertiary/aromatic N) is 1. The van der Waals surface area contributed by atoms with Crippen LogP contribution in [0.5, 0.6) is 5.75 Å². The van der Waals surface area contributed by atoms with Gasteiger partial charge < -0.3 is 10.1 Å². The third-order valence-corrected chi connectivity index (χ3v) is 3.43. The fourth-order valence-corrected chi connectivity index (χ4v) is 2.39. The maximum atomic E-state index is 5.76. The van der Waals surface area contributed by atoms with Crippen LogP contribution in [0.3, 0.4) is 0 Å². The van der Waals surface area contributed by atoms with Crippen LogP contribution < -0.4 is 10.1 Å². The number of benzene rings is 1. The molecule has 3 nitrogen and oxygen atoms in total. The van der Waals surface area contributed by atoms with Crippen LogP contribution in [0.4, 0.5) is 0 Å². The van der Waals surface area contributed by atoms with E-state index in [1.165, 1.54) is 16.9 Å². The molecule has 0 aliphatic heterocycles. The molecule has 0 bridgehead atoms. The molecule has 0 saturated carbocycles. The molecular formula is C12H13ClN2OS. The highest BCUT2D eigenvalue weighted by atomic mass is 35.5. The van der Waals surface area contributed by atoms with Crippen LogP contribution in [0, 0.1) is 0 Å². The van der Waals surface area contributed by atoms with Gasteiger partial charge in [0.2, 0.25) is 0 Å². The Morgan fingerprint density at radius 2 is 2.06 bits per heavy atom. The summed E-state index contributed by atoms with van der Waals surface area (Å²) in [5.74, 6) is 0.878. The molecule has 5 heteroatoms. The topological polar surface area (TPSA) is 34.1 Å². The summed E-state index contributed by atoms with van der Waals surface area (Å²) in [5, 5.41) is 3.34. The SMILES string of the molecule is COc1ccc(CNCc2cnc(Cl)s2)cc1. The Morgan fingerprint density at radius 1 is 1.29 bits per heavy atom. The molecule has 1 aromatic carbocycles. The van der Waals surface area contributed by atoms with Gasteiger partial charge in [0, 0.05) is 24.2 Å². The van der Waals surface area contributed by atoms with Gasteiger partial charge in [0.25, 0.3) is 0 Å². The Balaban J connectivity index is 1.81. The molecule has 1 heterocycles. The van der Waals surface area contributed by atoms with Crippen molar-refractivity contribution < 1.29 is 4.74 Å². The molecule has 0 aliphatic carbocycles. The molecule has 0 spiro atoms. The Kier molecular flexibility index (Phi) is 4.36. The fraction of sp³-hybridized carbons (Fsp3) is 0.250. The zero-order valence-corrected chi connectivity index (χ0v) is 11.0. The van der Waals surface area contributed by atoms with Gasteiger partial charge in [-0.15, -0.1) is 11.3 Å². The van der Waals surface area contributed by atoms with Crippen LogP contribution in [0.15, 0.2) is 30.5 Å². The predicted octanol–water partition coefficient (Wildman–Crippen LogP) is 3.09. The van der Waals surface area contributed by atoms with E-state index in [1.807, 2.05) is 24.3 Å². The lowest BCUT2D eigenvalue weighted by Crippen LogP contribution is -2.11. The second-order valence-corrected chi connectivity index (χ2v) is 5.23. The van der Waals surface area contributed by atoms with Crippen molar-refractivity contribution in [3.05, 3.63) is 45.4 Å². The van der Waals surface area contributed by atoms with Gasteiger partial charge in [0.1, 0.15) is 5.75 Å². The average molecular weight is 269 g/mol. The molecule has 0 saturated heterocycles. The summed E-state index contributed by atoms with van der Waals surface area (Å²) >= 11 is 7.26. The van der Waals surface area contributed by atoms with Crippen molar-refractivity contribution in [2.45, 2.75) is 13.1 Å². The van der Waals surface area contributed by atoms with Crippen molar-refractivity contribution in [2.75, 3.05) is 7.11 Å². The van der Waals surface area contributed by atoms with E-state index in [0.29, 0.717) is 4.47 Å². The largest absolute Gasteiger partial charge is 0.497 e. The van der Waals surface area contributed by atoms with E-state index in [0.717, 1.165) is 23.7 Å². The van der Waals surface area contributed by atoms with Gasteiger partial charge in [-0.1, -0.05) is 23.7 Å². The van der Waals surface area contributed by atoms with E-state index in [2.05, 4.69) is 10.3 Å². The first-order chi connectivity index (χ1) is 8.28. The summed E-state index contributed by atoms with van der Waals surface area (Å²) in [6.07, 6.45) is 1.80. The number of hydrogen-bond acceptors (Lipinski definition) is 4. The molecule has 2 aromatic rings. The minimum Gasteiger partial charge on any atom is -0.497 e. The van der Waals surface area contributed by atoms with Crippen LogP contribution in [0.25, 0.3) is 0 Å². The predicted molar refractivity (Wildman–Crippen MR) is 70.7 cm³/mol. The number of halogens is 1. The van der Waals surface area contributed by atoms with Gasteiger partial charge in [-0.05, 0) is 17.7 Å². The summed E-state index contributed by atoms with van der Waals surface area (Å²) in [6, 6.07) is 8.01. The first-order valence-corrected chi connectivity index (χ1v) is 6.41. The molecule has 0 amide bonds. The summed E-state index contributed by atoms with van der Waals surface area (Å²) in [6.45, 7) is 1.61. The number of thiazole rings is 1. The van der Waals surface area contributed by atoms with E-state index in [-0.39, 0.29) is 0 Å². The van der Waals surface area contributed by atoms with Gasteiger partial charge in [-0.25, -0.2) is 4.98 Å². The third kappa shape index (κ3) is 3.70. The minimum atomic E-state index is 0.589. The molecule has 0 fully saturated rings. The highest BCUT2D eigenvalue weighted by Gasteiger charge is 1.99.